The van der Waals surface area contributed by atoms with Crippen LogP contribution >= 0.6 is 0 Å². The van der Waals surface area contributed by atoms with E-state index in [-0.39, 0.29) is 0 Å². The highest BCUT2D eigenvalue weighted by molar-refractivity contribution is 5.89. The monoisotopic (exact) mass is 418 g/mol. The molecule has 0 saturated carbocycles. The standard InChI is InChI=1S/C17H26N4O.C4H4O4/c1-3-22-14-13-21-16-8-5-4-7-15(16)18-17(21)20-10-6-9-19(2)11-12-20;5-3(6)1-2-4(7)8/h4-5,7-8H,3,6,9-14H2,1-2H3;1-2H,(H,5,6)(H,7,8). The predicted molar refractivity (Wildman–Crippen MR) is 115 cm³/mol. The number of imidazole rings is 1. The summed E-state index contributed by atoms with van der Waals surface area (Å²) >= 11 is 0. The minimum atomic E-state index is -1.26. The molecule has 0 atom stereocenters. The molecule has 1 saturated heterocycles. The van der Waals surface area contributed by atoms with Crippen LogP contribution in [0.2, 0.25) is 0 Å². The van der Waals surface area contributed by atoms with Gasteiger partial charge in [0.05, 0.1) is 17.6 Å². The average molecular weight is 418 g/mol. The molecule has 0 radical (unpaired) electrons. The molecule has 164 valence electrons. The van der Waals surface area contributed by atoms with Gasteiger partial charge >= 0.3 is 11.9 Å². The van der Waals surface area contributed by atoms with Crippen molar-refractivity contribution in [3.8, 4) is 0 Å². The van der Waals surface area contributed by atoms with Gasteiger partial charge in [0.1, 0.15) is 0 Å². The van der Waals surface area contributed by atoms with E-state index in [1.807, 2.05) is 6.92 Å². The van der Waals surface area contributed by atoms with Crippen LogP contribution in [0.5, 0.6) is 0 Å². The molecule has 0 aliphatic carbocycles. The molecule has 1 fully saturated rings. The van der Waals surface area contributed by atoms with E-state index in [0.29, 0.717) is 12.2 Å². The Balaban J connectivity index is 0.000000343. The first-order chi connectivity index (χ1) is 14.4. The Hall–Kier alpha value is -2.91. The number of nitrogens with zero attached hydrogens (tertiary/aromatic N) is 4. The number of carboxylic acid groups (broad SMARTS) is 2. The highest BCUT2D eigenvalue weighted by Gasteiger charge is 2.19. The lowest BCUT2D eigenvalue weighted by molar-refractivity contribution is -0.134. The van der Waals surface area contributed by atoms with Gasteiger partial charge in [0.2, 0.25) is 5.95 Å². The molecule has 1 aromatic carbocycles. The van der Waals surface area contributed by atoms with Crippen molar-refractivity contribution >= 4 is 28.9 Å². The lowest BCUT2D eigenvalue weighted by atomic mass is 10.3. The quantitative estimate of drug-likeness (QED) is 0.519. The molecule has 9 nitrogen and oxygen atoms in total. The third-order valence-electron chi connectivity index (χ3n) is 4.67. The van der Waals surface area contributed by atoms with Gasteiger partial charge in [0.15, 0.2) is 0 Å². The van der Waals surface area contributed by atoms with E-state index in [1.165, 1.54) is 11.9 Å². The number of carbonyl (C=O) groups is 2. The van der Waals surface area contributed by atoms with Crippen molar-refractivity contribution in [1.82, 2.24) is 14.5 Å². The van der Waals surface area contributed by atoms with Crippen LogP contribution in [-0.4, -0.2) is 83.0 Å². The molecule has 9 heteroatoms. The van der Waals surface area contributed by atoms with Gasteiger partial charge in [-0.05, 0) is 39.1 Å². The van der Waals surface area contributed by atoms with E-state index in [4.69, 9.17) is 19.9 Å². The van der Waals surface area contributed by atoms with Crippen LogP contribution < -0.4 is 4.90 Å². The molecular formula is C21H30N4O5. The largest absolute Gasteiger partial charge is 0.478 e. The van der Waals surface area contributed by atoms with Crippen LogP contribution in [0.4, 0.5) is 5.95 Å². The SMILES string of the molecule is CCOCCn1c(N2CCCN(C)CC2)nc2ccccc21.O=C(O)C=CC(=O)O. The summed E-state index contributed by atoms with van der Waals surface area (Å²) in [7, 11) is 2.20. The Morgan fingerprint density at radius 2 is 1.80 bits per heavy atom. The second-order valence-electron chi connectivity index (χ2n) is 6.90. The van der Waals surface area contributed by atoms with Gasteiger partial charge in [-0.3, -0.25) is 0 Å². The topological polar surface area (TPSA) is 108 Å². The Bertz CT molecular complexity index is 848. The highest BCUT2D eigenvalue weighted by atomic mass is 16.5. The van der Waals surface area contributed by atoms with Crippen LogP contribution in [0.1, 0.15) is 13.3 Å². The summed E-state index contributed by atoms with van der Waals surface area (Å²) in [5.74, 6) is -1.42. The summed E-state index contributed by atoms with van der Waals surface area (Å²) in [6, 6.07) is 8.39. The minimum absolute atomic E-state index is 0.558. The van der Waals surface area contributed by atoms with Crippen molar-refractivity contribution in [3.05, 3.63) is 36.4 Å². The number of anilines is 1. The molecular weight excluding hydrogens is 388 g/mol. The zero-order chi connectivity index (χ0) is 21.9. The lowest BCUT2D eigenvalue weighted by Crippen LogP contribution is -2.31. The van der Waals surface area contributed by atoms with Crippen molar-refractivity contribution in [2.45, 2.75) is 19.9 Å². The van der Waals surface area contributed by atoms with Crippen molar-refractivity contribution in [2.75, 3.05) is 51.3 Å². The van der Waals surface area contributed by atoms with Gasteiger partial charge < -0.3 is 29.3 Å². The zero-order valence-corrected chi connectivity index (χ0v) is 17.5. The van der Waals surface area contributed by atoms with Crippen molar-refractivity contribution in [2.24, 2.45) is 0 Å². The van der Waals surface area contributed by atoms with Gasteiger partial charge in [0, 0.05) is 44.9 Å². The number of para-hydroxylation sites is 2. The molecule has 1 aliphatic heterocycles. The summed E-state index contributed by atoms with van der Waals surface area (Å²) in [6.45, 7) is 8.75. The number of hydrogen-bond donors (Lipinski definition) is 2. The Morgan fingerprint density at radius 1 is 1.10 bits per heavy atom. The predicted octanol–water partition coefficient (Wildman–Crippen LogP) is 1.93. The first-order valence-corrected chi connectivity index (χ1v) is 10.0. The number of ether oxygens (including phenoxy) is 1. The first-order valence-electron chi connectivity index (χ1n) is 10.0. The van der Waals surface area contributed by atoms with Crippen molar-refractivity contribution < 1.29 is 24.5 Å². The molecule has 0 spiro atoms. The summed E-state index contributed by atoms with van der Waals surface area (Å²) in [5, 5.41) is 15.6. The Labute approximate surface area is 176 Å². The van der Waals surface area contributed by atoms with E-state index in [0.717, 1.165) is 57.4 Å². The Morgan fingerprint density at radius 3 is 2.47 bits per heavy atom. The number of hydrogen-bond acceptors (Lipinski definition) is 6. The zero-order valence-electron chi connectivity index (χ0n) is 17.5. The van der Waals surface area contributed by atoms with Crippen LogP contribution in [0, 0.1) is 0 Å². The number of benzene rings is 1. The maximum atomic E-state index is 9.55. The molecule has 1 aliphatic rings. The van der Waals surface area contributed by atoms with E-state index >= 15 is 0 Å². The fourth-order valence-corrected chi connectivity index (χ4v) is 3.21. The average Bonchev–Trinajstić information content (AvgIpc) is 2.94. The molecule has 0 unspecified atom stereocenters. The van der Waals surface area contributed by atoms with Gasteiger partial charge in [0.25, 0.3) is 0 Å². The maximum absolute atomic E-state index is 9.55. The molecule has 3 rings (SSSR count). The maximum Gasteiger partial charge on any atom is 0.328 e. The van der Waals surface area contributed by atoms with Gasteiger partial charge in [-0.1, -0.05) is 12.1 Å². The summed E-state index contributed by atoms with van der Waals surface area (Å²) in [6.07, 6.45) is 2.30. The van der Waals surface area contributed by atoms with Gasteiger partial charge in [-0.2, -0.15) is 0 Å². The van der Waals surface area contributed by atoms with E-state index in [9.17, 15) is 9.59 Å². The van der Waals surface area contributed by atoms with Crippen LogP contribution in [0.3, 0.4) is 0 Å². The second kappa shape index (κ2) is 11.9. The molecule has 2 N–H and O–H groups in total. The lowest BCUT2D eigenvalue weighted by Gasteiger charge is -2.23. The summed E-state index contributed by atoms with van der Waals surface area (Å²) < 4.78 is 7.88. The third kappa shape index (κ3) is 7.16. The number of aliphatic carboxylic acids is 2. The number of likely N-dealkylation sites (N-methyl/N-ethyl adjacent to an activating group) is 1. The normalized spacial score (nSPS) is 15.1. The van der Waals surface area contributed by atoms with Crippen molar-refractivity contribution in [3.63, 3.8) is 0 Å². The number of carboxylic acids is 2. The number of aromatic nitrogens is 2. The van der Waals surface area contributed by atoms with Crippen LogP contribution in [0.25, 0.3) is 11.0 Å². The number of rotatable bonds is 7. The van der Waals surface area contributed by atoms with E-state index < -0.39 is 11.9 Å². The van der Waals surface area contributed by atoms with Crippen LogP contribution in [-0.2, 0) is 20.9 Å². The van der Waals surface area contributed by atoms with E-state index in [1.54, 1.807) is 0 Å². The Kier molecular flexibility index (Phi) is 9.30. The summed E-state index contributed by atoms with van der Waals surface area (Å²) in [4.78, 5) is 28.8. The smallest absolute Gasteiger partial charge is 0.328 e. The number of fused-ring (bicyclic) bond motifs is 1. The molecule has 0 amide bonds. The minimum Gasteiger partial charge on any atom is -0.478 e. The summed E-state index contributed by atoms with van der Waals surface area (Å²) in [5.41, 5.74) is 2.28. The van der Waals surface area contributed by atoms with E-state index in [2.05, 4.69) is 45.7 Å². The van der Waals surface area contributed by atoms with Gasteiger partial charge in [-0.25, -0.2) is 14.6 Å². The first kappa shape index (κ1) is 23.4. The molecule has 30 heavy (non-hydrogen) atoms. The molecule has 2 aromatic rings. The fourth-order valence-electron chi connectivity index (χ4n) is 3.21. The molecule has 1 aromatic heterocycles. The molecule has 2 heterocycles. The van der Waals surface area contributed by atoms with Gasteiger partial charge in [-0.15, -0.1) is 0 Å². The highest BCUT2D eigenvalue weighted by Crippen LogP contribution is 2.23. The van der Waals surface area contributed by atoms with Crippen LogP contribution in [0.15, 0.2) is 36.4 Å². The fraction of sp³-hybridized carbons (Fsp3) is 0.476. The van der Waals surface area contributed by atoms with Crippen molar-refractivity contribution in [1.29, 1.82) is 0 Å². The second-order valence-corrected chi connectivity index (χ2v) is 6.90. The molecule has 0 bridgehead atoms. The third-order valence-corrected chi connectivity index (χ3v) is 4.67.